The molecule has 1 aliphatic rings. The van der Waals surface area contributed by atoms with E-state index < -0.39 is 0 Å². The minimum Gasteiger partial charge on any atom is -0.346 e. The molecule has 0 spiro atoms. The van der Waals surface area contributed by atoms with Gasteiger partial charge in [-0.2, -0.15) is 5.10 Å². The van der Waals surface area contributed by atoms with E-state index in [4.69, 9.17) is 0 Å². The molecule has 3 rings (SSSR count). The van der Waals surface area contributed by atoms with Crippen molar-refractivity contribution in [3.8, 4) is 0 Å². The van der Waals surface area contributed by atoms with Crippen molar-refractivity contribution in [3.63, 3.8) is 0 Å². The molecule has 0 N–H and O–H groups in total. The van der Waals surface area contributed by atoms with E-state index in [0.29, 0.717) is 6.42 Å². The number of carbonyl (C=O) groups is 1. The largest absolute Gasteiger partial charge is 0.346 e. The highest BCUT2D eigenvalue weighted by atomic mass is 16.1. The van der Waals surface area contributed by atoms with Gasteiger partial charge in [0.1, 0.15) is 0 Å². The fourth-order valence-corrected chi connectivity index (χ4v) is 3.35. The Hall–Kier alpha value is -1.84. The number of aromatic nitrogens is 3. The molecule has 2 heterocycles. The Bertz CT molecular complexity index is 691. The van der Waals surface area contributed by atoms with Crippen molar-refractivity contribution in [2.24, 2.45) is 12.5 Å². The summed E-state index contributed by atoms with van der Waals surface area (Å²) in [5, 5.41) is 4.50. The van der Waals surface area contributed by atoms with E-state index in [1.807, 2.05) is 17.8 Å². The molecule has 112 valence electrons. The molecule has 0 fully saturated rings. The molecule has 0 saturated carbocycles. The van der Waals surface area contributed by atoms with Crippen LogP contribution >= 0.6 is 0 Å². The third-order valence-electron chi connectivity index (χ3n) is 4.33. The van der Waals surface area contributed by atoms with Crippen LogP contribution in [-0.4, -0.2) is 20.1 Å². The second kappa shape index (κ2) is 4.86. The number of nitrogens with zero attached hydrogens (tertiary/aromatic N) is 3. The van der Waals surface area contributed by atoms with E-state index in [-0.39, 0.29) is 11.2 Å². The average Bonchev–Trinajstić information content (AvgIpc) is 2.93. The van der Waals surface area contributed by atoms with Gasteiger partial charge in [0.2, 0.25) is 0 Å². The van der Waals surface area contributed by atoms with E-state index in [1.54, 1.807) is 0 Å². The topological polar surface area (TPSA) is 39.8 Å². The van der Waals surface area contributed by atoms with Gasteiger partial charge in [0, 0.05) is 42.7 Å². The van der Waals surface area contributed by atoms with E-state index >= 15 is 0 Å². The van der Waals surface area contributed by atoms with Crippen molar-refractivity contribution in [2.45, 2.75) is 46.6 Å². The van der Waals surface area contributed by atoms with Gasteiger partial charge in [-0.05, 0) is 24.3 Å². The van der Waals surface area contributed by atoms with E-state index in [0.717, 1.165) is 30.6 Å². The van der Waals surface area contributed by atoms with Crippen LogP contribution in [0.5, 0.6) is 0 Å². The van der Waals surface area contributed by atoms with E-state index in [1.165, 1.54) is 11.3 Å². The lowest BCUT2D eigenvalue weighted by Crippen LogP contribution is -2.28. The summed E-state index contributed by atoms with van der Waals surface area (Å²) in [4.78, 5) is 12.3. The molecule has 2 aromatic heterocycles. The summed E-state index contributed by atoms with van der Waals surface area (Å²) < 4.78 is 4.10. The zero-order valence-corrected chi connectivity index (χ0v) is 13.3. The second-order valence-electron chi connectivity index (χ2n) is 6.87. The van der Waals surface area contributed by atoms with Gasteiger partial charge < -0.3 is 4.57 Å². The van der Waals surface area contributed by atoms with Gasteiger partial charge >= 0.3 is 0 Å². The van der Waals surface area contributed by atoms with Crippen LogP contribution in [0.4, 0.5) is 0 Å². The van der Waals surface area contributed by atoms with Gasteiger partial charge in [-0.1, -0.05) is 20.8 Å². The number of rotatable bonds is 3. The molecule has 0 saturated heterocycles. The summed E-state index contributed by atoms with van der Waals surface area (Å²) in [6, 6.07) is 1.98. The smallest absolute Gasteiger partial charge is 0.165 e. The molecular formula is C17H23N3O. The maximum absolute atomic E-state index is 12.3. The van der Waals surface area contributed by atoms with Gasteiger partial charge in [-0.3, -0.25) is 9.48 Å². The van der Waals surface area contributed by atoms with Crippen LogP contribution in [0.3, 0.4) is 0 Å². The van der Waals surface area contributed by atoms with Crippen molar-refractivity contribution in [1.29, 1.82) is 0 Å². The number of fused-ring (bicyclic) bond motifs is 1. The minimum atomic E-state index is 0.0582. The van der Waals surface area contributed by atoms with Gasteiger partial charge in [-0.15, -0.1) is 0 Å². The van der Waals surface area contributed by atoms with E-state index in [9.17, 15) is 4.79 Å². The van der Waals surface area contributed by atoms with Crippen LogP contribution in [0, 0.1) is 5.41 Å². The van der Waals surface area contributed by atoms with Crippen molar-refractivity contribution in [2.75, 3.05) is 0 Å². The van der Waals surface area contributed by atoms with Crippen LogP contribution < -0.4 is 0 Å². The lowest BCUT2D eigenvalue weighted by atomic mass is 9.76. The predicted molar refractivity (Wildman–Crippen MR) is 82.6 cm³/mol. The molecule has 1 aliphatic carbocycles. The maximum Gasteiger partial charge on any atom is 0.165 e. The lowest BCUT2D eigenvalue weighted by Gasteiger charge is -2.29. The Balaban J connectivity index is 1.96. The SMILES string of the molecule is CCc1nn(C)cc1Cn1ccc2c1CC(C)(C)CC2=O. The number of hydrogen-bond donors (Lipinski definition) is 0. The third kappa shape index (κ3) is 2.55. The highest BCUT2D eigenvalue weighted by Gasteiger charge is 2.33. The van der Waals surface area contributed by atoms with Crippen LogP contribution in [0.1, 0.15) is 54.5 Å². The Labute approximate surface area is 125 Å². The molecule has 21 heavy (non-hydrogen) atoms. The van der Waals surface area contributed by atoms with Gasteiger partial charge in [0.25, 0.3) is 0 Å². The monoisotopic (exact) mass is 285 g/mol. The highest BCUT2D eigenvalue weighted by molar-refractivity contribution is 5.98. The first-order valence-corrected chi connectivity index (χ1v) is 7.62. The molecule has 0 atom stereocenters. The zero-order valence-electron chi connectivity index (χ0n) is 13.3. The van der Waals surface area contributed by atoms with Crippen LogP contribution in [-0.2, 0) is 26.4 Å². The summed E-state index contributed by atoms with van der Waals surface area (Å²) in [7, 11) is 1.96. The van der Waals surface area contributed by atoms with Crippen LogP contribution in [0.25, 0.3) is 0 Å². The van der Waals surface area contributed by atoms with Crippen LogP contribution in [0.2, 0.25) is 0 Å². The molecule has 4 heteroatoms. The number of hydrogen-bond acceptors (Lipinski definition) is 2. The summed E-state index contributed by atoms with van der Waals surface area (Å²) in [5.74, 6) is 0.280. The molecule has 0 radical (unpaired) electrons. The van der Waals surface area contributed by atoms with Crippen molar-refractivity contribution >= 4 is 5.78 Å². The van der Waals surface area contributed by atoms with Gasteiger partial charge in [-0.25, -0.2) is 0 Å². The van der Waals surface area contributed by atoms with Crippen molar-refractivity contribution in [3.05, 3.63) is 41.0 Å². The number of aryl methyl sites for hydroxylation is 2. The normalized spacial score (nSPS) is 17.0. The summed E-state index contributed by atoms with van der Waals surface area (Å²) in [5.41, 5.74) is 4.54. The van der Waals surface area contributed by atoms with E-state index in [2.05, 4.69) is 42.8 Å². The molecular weight excluding hydrogens is 262 g/mol. The second-order valence-corrected chi connectivity index (χ2v) is 6.87. The molecule has 0 unspecified atom stereocenters. The van der Waals surface area contributed by atoms with Gasteiger partial charge in [0.05, 0.1) is 12.2 Å². The average molecular weight is 285 g/mol. The summed E-state index contributed by atoms with van der Waals surface area (Å²) >= 11 is 0. The number of carbonyl (C=O) groups excluding carboxylic acids is 1. The summed E-state index contributed by atoms with van der Waals surface area (Å²) in [6.07, 6.45) is 6.68. The first-order valence-electron chi connectivity index (χ1n) is 7.62. The lowest BCUT2D eigenvalue weighted by molar-refractivity contribution is 0.0910. The summed E-state index contributed by atoms with van der Waals surface area (Å²) in [6.45, 7) is 7.28. The predicted octanol–water partition coefficient (Wildman–Crippen LogP) is 2.99. The van der Waals surface area contributed by atoms with Crippen molar-refractivity contribution in [1.82, 2.24) is 14.3 Å². The fraction of sp³-hybridized carbons (Fsp3) is 0.529. The standard InChI is InChI=1S/C17H23N3O/c1-5-14-12(10-19(4)18-14)11-20-7-6-13-15(20)8-17(2,3)9-16(13)21/h6-7,10H,5,8-9,11H2,1-4H3. The molecule has 0 aromatic carbocycles. The Morgan fingerprint density at radius 2 is 2.10 bits per heavy atom. The quantitative estimate of drug-likeness (QED) is 0.869. The number of ketones is 1. The molecule has 2 aromatic rings. The molecule has 4 nitrogen and oxygen atoms in total. The Morgan fingerprint density at radius 1 is 1.33 bits per heavy atom. The molecule has 0 bridgehead atoms. The number of Topliss-reactive ketones (excluding diaryl/α,β-unsaturated/α-hetero) is 1. The zero-order chi connectivity index (χ0) is 15.2. The molecule has 0 aliphatic heterocycles. The third-order valence-corrected chi connectivity index (χ3v) is 4.33. The first-order chi connectivity index (χ1) is 9.89. The fourth-order valence-electron chi connectivity index (χ4n) is 3.35. The maximum atomic E-state index is 12.3. The highest BCUT2D eigenvalue weighted by Crippen LogP contribution is 2.35. The Kier molecular flexibility index (Phi) is 3.27. The Morgan fingerprint density at radius 3 is 2.81 bits per heavy atom. The van der Waals surface area contributed by atoms with Crippen molar-refractivity contribution < 1.29 is 4.79 Å². The molecule has 0 amide bonds. The first kappa shape index (κ1) is 14.1. The van der Waals surface area contributed by atoms with Crippen LogP contribution in [0.15, 0.2) is 18.5 Å². The van der Waals surface area contributed by atoms with Gasteiger partial charge in [0.15, 0.2) is 5.78 Å². The minimum absolute atomic E-state index is 0.0582.